The van der Waals surface area contributed by atoms with Crippen LogP contribution in [0.4, 0.5) is 10.1 Å². The standard InChI is InChI=1S/C13H17FN2O2/c14-10-2-1-3-11(7-10)16-5-4-9(8-16)6-12(15)13(17)18/h1-3,7,9,12H,4-6,8,15H2,(H,17,18). The van der Waals surface area contributed by atoms with E-state index in [0.29, 0.717) is 6.42 Å². The van der Waals surface area contributed by atoms with Gasteiger partial charge in [0.2, 0.25) is 0 Å². The molecule has 1 aliphatic heterocycles. The summed E-state index contributed by atoms with van der Waals surface area (Å²) in [6.07, 6.45) is 1.37. The van der Waals surface area contributed by atoms with Crippen LogP contribution in [0.15, 0.2) is 24.3 Å². The molecule has 0 bridgehead atoms. The number of anilines is 1. The number of halogens is 1. The van der Waals surface area contributed by atoms with Crippen molar-refractivity contribution in [3.8, 4) is 0 Å². The molecule has 2 rings (SSSR count). The van der Waals surface area contributed by atoms with Crippen molar-refractivity contribution in [1.29, 1.82) is 0 Å². The van der Waals surface area contributed by atoms with E-state index in [-0.39, 0.29) is 11.7 Å². The molecule has 4 nitrogen and oxygen atoms in total. The monoisotopic (exact) mass is 252 g/mol. The second-order valence-corrected chi connectivity index (χ2v) is 4.76. The zero-order valence-corrected chi connectivity index (χ0v) is 10.1. The fourth-order valence-corrected chi connectivity index (χ4v) is 2.39. The summed E-state index contributed by atoms with van der Waals surface area (Å²) in [5.74, 6) is -0.947. The van der Waals surface area contributed by atoms with Gasteiger partial charge in [-0.1, -0.05) is 6.07 Å². The number of carbonyl (C=O) groups is 1. The minimum absolute atomic E-state index is 0.252. The van der Waals surface area contributed by atoms with Gasteiger partial charge >= 0.3 is 5.97 Å². The normalized spacial score (nSPS) is 21.0. The third-order valence-electron chi connectivity index (χ3n) is 3.36. The topological polar surface area (TPSA) is 66.6 Å². The van der Waals surface area contributed by atoms with Crippen LogP contribution in [0.3, 0.4) is 0 Å². The molecule has 0 spiro atoms. The van der Waals surface area contributed by atoms with E-state index in [4.69, 9.17) is 10.8 Å². The van der Waals surface area contributed by atoms with Crippen molar-refractivity contribution in [1.82, 2.24) is 0 Å². The maximum Gasteiger partial charge on any atom is 0.320 e. The number of hydrogen-bond acceptors (Lipinski definition) is 3. The van der Waals surface area contributed by atoms with E-state index in [9.17, 15) is 9.18 Å². The minimum atomic E-state index is -0.959. The van der Waals surface area contributed by atoms with Crippen LogP contribution in [0.25, 0.3) is 0 Å². The molecule has 0 aliphatic carbocycles. The second-order valence-electron chi connectivity index (χ2n) is 4.76. The lowest BCUT2D eigenvalue weighted by Gasteiger charge is -2.19. The van der Waals surface area contributed by atoms with E-state index in [1.54, 1.807) is 6.07 Å². The third-order valence-corrected chi connectivity index (χ3v) is 3.36. The third kappa shape index (κ3) is 2.98. The van der Waals surface area contributed by atoms with Gasteiger partial charge in [0, 0.05) is 18.8 Å². The molecule has 1 heterocycles. The molecule has 1 saturated heterocycles. The van der Waals surface area contributed by atoms with Gasteiger partial charge in [0.25, 0.3) is 0 Å². The number of benzene rings is 1. The van der Waals surface area contributed by atoms with Crippen molar-refractivity contribution in [3.05, 3.63) is 30.1 Å². The van der Waals surface area contributed by atoms with Crippen LogP contribution < -0.4 is 10.6 Å². The summed E-state index contributed by atoms with van der Waals surface area (Å²) in [5, 5.41) is 8.77. The summed E-state index contributed by atoms with van der Waals surface area (Å²) in [6, 6.07) is 5.66. The highest BCUT2D eigenvalue weighted by Gasteiger charge is 2.26. The molecule has 5 heteroatoms. The highest BCUT2D eigenvalue weighted by Crippen LogP contribution is 2.26. The van der Waals surface area contributed by atoms with Crippen LogP contribution >= 0.6 is 0 Å². The number of hydrogen-bond donors (Lipinski definition) is 2. The summed E-state index contributed by atoms with van der Waals surface area (Å²) < 4.78 is 13.1. The van der Waals surface area contributed by atoms with Crippen LogP contribution in [0.2, 0.25) is 0 Å². The molecule has 1 aromatic carbocycles. The molecular weight excluding hydrogens is 235 g/mol. The molecule has 3 N–H and O–H groups in total. The lowest BCUT2D eigenvalue weighted by atomic mass is 10.00. The van der Waals surface area contributed by atoms with Crippen LogP contribution in [0, 0.1) is 11.7 Å². The molecule has 2 unspecified atom stereocenters. The summed E-state index contributed by atoms with van der Waals surface area (Å²) in [7, 11) is 0. The second kappa shape index (κ2) is 5.35. The molecule has 1 fully saturated rings. The number of nitrogens with two attached hydrogens (primary N) is 1. The van der Waals surface area contributed by atoms with Gasteiger partial charge in [-0.15, -0.1) is 0 Å². The summed E-state index contributed by atoms with van der Waals surface area (Å²) in [5.41, 5.74) is 6.38. The van der Waals surface area contributed by atoms with Crippen molar-refractivity contribution in [2.24, 2.45) is 11.7 Å². The predicted octanol–water partition coefficient (Wildman–Crippen LogP) is 1.45. The van der Waals surface area contributed by atoms with Crippen LogP contribution in [-0.4, -0.2) is 30.2 Å². The van der Waals surface area contributed by atoms with Crippen LogP contribution in [0.5, 0.6) is 0 Å². The Labute approximate surface area is 105 Å². The Morgan fingerprint density at radius 1 is 1.61 bits per heavy atom. The molecule has 0 amide bonds. The van der Waals surface area contributed by atoms with Crippen molar-refractivity contribution in [2.45, 2.75) is 18.9 Å². The summed E-state index contributed by atoms with van der Waals surface area (Å²) in [4.78, 5) is 12.8. The minimum Gasteiger partial charge on any atom is -0.480 e. The average Bonchev–Trinajstić information content (AvgIpc) is 2.77. The fourth-order valence-electron chi connectivity index (χ4n) is 2.39. The van der Waals surface area contributed by atoms with Gasteiger partial charge in [-0.2, -0.15) is 0 Å². The van der Waals surface area contributed by atoms with Gasteiger partial charge in [0.15, 0.2) is 0 Å². The number of rotatable bonds is 4. The van der Waals surface area contributed by atoms with Crippen LogP contribution in [0.1, 0.15) is 12.8 Å². The fraction of sp³-hybridized carbons (Fsp3) is 0.462. The number of aliphatic carboxylic acids is 1. The van der Waals surface area contributed by atoms with Gasteiger partial charge < -0.3 is 15.7 Å². The zero-order valence-electron chi connectivity index (χ0n) is 10.1. The van der Waals surface area contributed by atoms with E-state index >= 15 is 0 Å². The molecule has 0 aromatic heterocycles. The molecule has 18 heavy (non-hydrogen) atoms. The first-order valence-corrected chi connectivity index (χ1v) is 6.05. The zero-order chi connectivity index (χ0) is 13.1. The maximum absolute atomic E-state index is 13.1. The molecule has 0 radical (unpaired) electrons. The molecule has 2 atom stereocenters. The van der Waals surface area contributed by atoms with E-state index in [0.717, 1.165) is 25.2 Å². The smallest absolute Gasteiger partial charge is 0.320 e. The number of carboxylic acids is 1. The van der Waals surface area contributed by atoms with Gasteiger partial charge in [-0.3, -0.25) is 4.79 Å². The first-order valence-electron chi connectivity index (χ1n) is 6.05. The highest BCUT2D eigenvalue weighted by molar-refractivity contribution is 5.73. The Bertz CT molecular complexity index is 439. The van der Waals surface area contributed by atoms with Crippen molar-refractivity contribution in [3.63, 3.8) is 0 Å². The Kier molecular flexibility index (Phi) is 3.81. The molecule has 98 valence electrons. The van der Waals surface area contributed by atoms with Crippen molar-refractivity contribution in [2.75, 3.05) is 18.0 Å². The maximum atomic E-state index is 13.1. The lowest BCUT2D eigenvalue weighted by molar-refractivity contribution is -0.138. The SMILES string of the molecule is NC(CC1CCN(c2cccc(F)c2)C1)C(=O)O. The van der Waals surface area contributed by atoms with E-state index in [1.165, 1.54) is 12.1 Å². The van der Waals surface area contributed by atoms with Crippen molar-refractivity contribution >= 4 is 11.7 Å². The van der Waals surface area contributed by atoms with Crippen LogP contribution in [-0.2, 0) is 4.79 Å². The summed E-state index contributed by atoms with van der Waals surface area (Å²) >= 11 is 0. The molecule has 1 aliphatic rings. The van der Waals surface area contributed by atoms with Crippen molar-refractivity contribution < 1.29 is 14.3 Å². The summed E-state index contributed by atoms with van der Waals surface area (Å²) in [6.45, 7) is 1.56. The predicted molar refractivity (Wildman–Crippen MR) is 66.9 cm³/mol. The van der Waals surface area contributed by atoms with Gasteiger partial charge in [-0.05, 0) is 37.0 Å². The Morgan fingerprint density at radius 2 is 2.39 bits per heavy atom. The number of carboxylic acid groups (broad SMARTS) is 1. The first kappa shape index (κ1) is 12.8. The van der Waals surface area contributed by atoms with Gasteiger partial charge in [-0.25, -0.2) is 4.39 Å². The van der Waals surface area contributed by atoms with E-state index < -0.39 is 12.0 Å². The molecular formula is C13H17FN2O2. The van der Waals surface area contributed by atoms with E-state index in [2.05, 4.69) is 4.90 Å². The quantitative estimate of drug-likeness (QED) is 0.851. The Balaban J connectivity index is 1.94. The average molecular weight is 252 g/mol. The van der Waals surface area contributed by atoms with Gasteiger partial charge in [0.1, 0.15) is 11.9 Å². The molecule has 1 aromatic rings. The first-order chi connectivity index (χ1) is 8.56. The molecule has 0 saturated carbocycles. The van der Waals surface area contributed by atoms with Gasteiger partial charge in [0.05, 0.1) is 0 Å². The Morgan fingerprint density at radius 3 is 3.06 bits per heavy atom. The Hall–Kier alpha value is -1.62. The lowest BCUT2D eigenvalue weighted by Crippen LogP contribution is -2.33. The highest BCUT2D eigenvalue weighted by atomic mass is 19.1. The number of nitrogens with zero attached hydrogens (tertiary/aromatic N) is 1. The van der Waals surface area contributed by atoms with E-state index in [1.807, 2.05) is 6.07 Å². The largest absolute Gasteiger partial charge is 0.480 e.